The van der Waals surface area contributed by atoms with Gasteiger partial charge in [0.15, 0.2) is 0 Å². The van der Waals surface area contributed by atoms with E-state index in [1.54, 1.807) is 7.05 Å². The molecule has 1 aliphatic heterocycles. The minimum absolute atomic E-state index is 0.0611. The van der Waals surface area contributed by atoms with E-state index in [1.807, 2.05) is 18.2 Å². The minimum atomic E-state index is 0.0611. The lowest BCUT2D eigenvalue weighted by Gasteiger charge is -2.36. The summed E-state index contributed by atoms with van der Waals surface area (Å²) in [5.74, 6) is 0.0611. The number of benzene rings is 1. The second kappa shape index (κ2) is 8.98. The van der Waals surface area contributed by atoms with Crippen LogP contribution in [0.4, 0.5) is 5.69 Å². The zero-order valence-corrected chi connectivity index (χ0v) is 13.9. The number of nitrogens with one attached hydrogen (secondary N) is 2. The molecule has 0 bridgehead atoms. The van der Waals surface area contributed by atoms with Crippen LogP contribution in [0.5, 0.6) is 0 Å². The normalized spacial score (nSPS) is 15.8. The molecule has 1 aliphatic rings. The van der Waals surface area contributed by atoms with Gasteiger partial charge in [0, 0.05) is 32.7 Å². The molecule has 1 heterocycles. The molecule has 1 saturated heterocycles. The zero-order chi connectivity index (χ0) is 15.8. The average molecular weight is 325 g/mol. The first kappa shape index (κ1) is 17.1. The Balaban J connectivity index is 1.65. The quantitative estimate of drug-likeness (QED) is 0.740. The molecular weight excluding hydrogens is 300 g/mol. The van der Waals surface area contributed by atoms with E-state index in [-0.39, 0.29) is 5.91 Å². The summed E-state index contributed by atoms with van der Waals surface area (Å²) in [6.07, 6.45) is 0.988. The van der Waals surface area contributed by atoms with Crippen molar-refractivity contribution in [2.75, 3.05) is 57.8 Å². The van der Waals surface area contributed by atoms with Crippen LogP contribution in [-0.4, -0.2) is 63.7 Å². The molecule has 0 radical (unpaired) electrons. The lowest BCUT2D eigenvalue weighted by Crippen LogP contribution is -2.47. The van der Waals surface area contributed by atoms with Crippen molar-refractivity contribution in [2.45, 2.75) is 6.42 Å². The van der Waals surface area contributed by atoms with Gasteiger partial charge >= 0.3 is 0 Å². The van der Waals surface area contributed by atoms with Crippen molar-refractivity contribution in [3.05, 3.63) is 29.3 Å². The number of hydrogen-bond acceptors (Lipinski definition) is 4. The molecule has 22 heavy (non-hydrogen) atoms. The molecule has 1 aromatic carbocycles. The van der Waals surface area contributed by atoms with Crippen molar-refractivity contribution >= 4 is 23.2 Å². The van der Waals surface area contributed by atoms with Crippen LogP contribution in [0.25, 0.3) is 0 Å². The predicted octanol–water partition coefficient (Wildman–Crippen LogP) is 1.19. The zero-order valence-electron chi connectivity index (χ0n) is 13.1. The van der Waals surface area contributed by atoms with E-state index in [4.69, 9.17) is 11.6 Å². The molecule has 1 fully saturated rings. The van der Waals surface area contributed by atoms with Crippen molar-refractivity contribution in [3.8, 4) is 0 Å². The first-order chi connectivity index (χ1) is 10.7. The lowest BCUT2D eigenvalue weighted by molar-refractivity contribution is -0.120. The van der Waals surface area contributed by atoms with Crippen LogP contribution in [0.15, 0.2) is 24.3 Å². The minimum Gasteiger partial charge on any atom is -0.368 e. The Morgan fingerprint density at radius 2 is 1.95 bits per heavy atom. The molecule has 1 aromatic rings. The number of rotatable bonds is 7. The van der Waals surface area contributed by atoms with Crippen LogP contribution in [-0.2, 0) is 4.79 Å². The Bertz CT molecular complexity index is 475. The maximum atomic E-state index is 11.3. The lowest BCUT2D eigenvalue weighted by atomic mass is 10.2. The predicted molar refractivity (Wildman–Crippen MR) is 91.7 cm³/mol. The van der Waals surface area contributed by atoms with Gasteiger partial charge in [-0.2, -0.15) is 0 Å². The van der Waals surface area contributed by atoms with Gasteiger partial charge in [-0.25, -0.2) is 0 Å². The van der Waals surface area contributed by atoms with Crippen LogP contribution in [0.3, 0.4) is 0 Å². The van der Waals surface area contributed by atoms with E-state index < -0.39 is 0 Å². The Hall–Kier alpha value is -1.30. The van der Waals surface area contributed by atoms with Crippen LogP contribution >= 0.6 is 11.6 Å². The maximum absolute atomic E-state index is 11.3. The highest BCUT2D eigenvalue weighted by molar-refractivity contribution is 6.33. The van der Waals surface area contributed by atoms with Crippen molar-refractivity contribution < 1.29 is 4.79 Å². The molecule has 0 spiro atoms. The van der Waals surface area contributed by atoms with E-state index in [0.717, 1.165) is 56.4 Å². The fourth-order valence-electron chi connectivity index (χ4n) is 2.67. The van der Waals surface area contributed by atoms with E-state index in [1.165, 1.54) is 0 Å². The molecular formula is C16H25ClN4O. The van der Waals surface area contributed by atoms with Gasteiger partial charge in [-0.15, -0.1) is 0 Å². The standard InChI is InChI=1S/C16H25ClN4O/c1-18-13-16(22)19-7-4-8-20-9-11-21(12-10-20)15-6-3-2-5-14(15)17/h2-3,5-6,18H,4,7-13H2,1H3,(H,19,22). The summed E-state index contributed by atoms with van der Waals surface area (Å²) in [6, 6.07) is 8.01. The van der Waals surface area contributed by atoms with E-state index >= 15 is 0 Å². The van der Waals surface area contributed by atoms with E-state index in [2.05, 4.69) is 26.5 Å². The Morgan fingerprint density at radius 1 is 1.23 bits per heavy atom. The topological polar surface area (TPSA) is 47.6 Å². The Morgan fingerprint density at radius 3 is 2.64 bits per heavy atom. The smallest absolute Gasteiger partial charge is 0.233 e. The molecule has 5 nitrogen and oxygen atoms in total. The first-order valence-electron chi connectivity index (χ1n) is 7.84. The SMILES string of the molecule is CNCC(=O)NCCCN1CCN(c2ccccc2Cl)CC1. The second-order valence-electron chi connectivity index (χ2n) is 5.51. The molecule has 0 aliphatic carbocycles. The number of hydrogen-bond donors (Lipinski definition) is 2. The number of likely N-dealkylation sites (N-methyl/N-ethyl adjacent to an activating group) is 1. The second-order valence-corrected chi connectivity index (χ2v) is 5.92. The number of para-hydroxylation sites is 1. The van der Waals surface area contributed by atoms with Crippen molar-refractivity contribution in [1.29, 1.82) is 0 Å². The van der Waals surface area contributed by atoms with Crippen LogP contribution < -0.4 is 15.5 Å². The van der Waals surface area contributed by atoms with Gasteiger partial charge in [0.05, 0.1) is 17.3 Å². The van der Waals surface area contributed by atoms with Gasteiger partial charge in [0.25, 0.3) is 0 Å². The number of nitrogens with zero attached hydrogens (tertiary/aromatic N) is 2. The van der Waals surface area contributed by atoms with Crippen molar-refractivity contribution in [2.24, 2.45) is 0 Å². The average Bonchev–Trinajstić information content (AvgIpc) is 2.53. The molecule has 2 rings (SSSR count). The van der Waals surface area contributed by atoms with Gasteiger partial charge in [-0.05, 0) is 32.1 Å². The first-order valence-corrected chi connectivity index (χ1v) is 8.21. The Labute approximate surface area is 137 Å². The molecule has 1 amide bonds. The summed E-state index contributed by atoms with van der Waals surface area (Å²) >= 11 is 6.25. The summed E-state index contributed by atoms with van der Waals surface area (Å²) in [5, 5.41) is 6.58. The number of amides is 1. The fraction of sp³-hybridized carbons (Fsp3) is 0.562. The largest absolute Gasteiger partial charge is 0.368 e. The summed E-state index contributed by atoms with van der Waals surface area (Å²) in [6.45, 7) is 6.22. The molecule has 122 valence electrons. The number of piperazine rings is 1. The third-order valence-corrected chi connectivity index (χ3v) is 4.20. The highest BCUT2D eigenvalue weighted by Crippen LogP contribution is 2.25. The summed E-state index contributed by atoms with van der Waals surface area (Å²) in [7, 11) is 1.78. The van der Waals surface area contributed by atoms with Gasteiger partial charge in [0.1, 0.15) is 0 Å². The van der Waals surface area contributed by atoms with Gasteiger partial charge in [-0.3, -0.25) is 9.69 Å². The summed E-state index contributed by atoms with van der Waals surface area (Å²) in [4.78, 5) is 16.1. The third-order valence-electron chi connectivity index (χ3n) is 3.88. The molecule has 0 unspecified atom stereocenters. The summed E-state index contributed by atoms with van der Waals surface area (Å²) < 4.78 is 0. The third kappa shape index (κ3) is 5.16. The molecule has 2 N–H and O–H groups in total. The van der Waals surface area contributed by atoms with E-state index in [0.29, 0.717) is 6.54 Å². The Kier molecular flexibility index (Phi) is 6.96. The fourth-order valence-corrected chi connectivity index (χ4v) is 2.93. The van der Waals surface area contributed by atoms with Gasteiger partial charge in [0.2, 0.25) is 5.91 Å². The highest BCUT2D eigenvalue weighted by Gasteiger charge is 2.18. The van der Waals surface area contributed by atoms with Crippen LogP contribution in [0.2, 0.25) is 5.02 Å². The number of carbonyl (C=O) groups excluding carboxylic acids is 1. The van der Waals surface area contributed by atoms with Crippen molar-refractivity contribution in [1.82, 2.24) is 15.5 Å². The molecule has 0 saturated carbocycles. The van der Waals surface area contributed by atoms with E-state index in [9.17, 15) is 4.79 Å². The number of halogens is 1. The van der Waals surface area contributed by atoms with Crippen LogP contribution in [0, 0.1) is 0 Å². The number of anilines is 1. The molecule has 0 aromatic heterocycles. The van der Waals surface area contributed by atoms with Gasteiger partial charge < -0.3 is 15.5 Å². The monoisotopic (exact) mass is 324 g/mol. The van der Waals surface area contributed by atoms with Crippen molar-refractivity contribution in [3.63, 3.8) is 0 Å². The number of carbonyl (C=O) groups is 1. The molecule has 6 heteroatoms. The molecule has 0 atom stereocenters. The van der Waals surface area contributed by atoms with Crippen LogP contribution in [0.1, 0.15) is 6.42 Å². The van der Waals surface area contributed by atoms with Gasteiger partial charge in [-0.1, -0.05) is 23.7 Å². The highest BCUT2D eigenvalue weighted by atomic mass is 35.5. The maximum Gasteiger partial charge on any atom is 0.233 e. The summed E-state index contributed by atoms with van der Waals surface area (Å²) in [5.41, 5.74) is 1.13.